The number of aryl methyl sites for hydroxylation is 2. The lowest BCUT2D eigenvalue weighted by Crippen LogP contribution is -1.95. The zero-order valence-electron chi connectivity index (χ0n) is 14.6. The Bertz CT molecular complexity index is 1040. The first-order valence-corrected chi connectivity index (χ1v) is 9.20. The molecule has 4 aromatic rings. The molecule has 0 radical (unpaired) electrons. The summed E-state index contributed by atoms with van der Waals surface area (Å²) in [6.07, 6.45) is 4.49. The summed E-state index contributed by atoms with van der Waals surface area (Å²) < 4.78 is 2.31. The Labute approximate surface area is 153 Å². The van der Waals surface area contributed by atoms with Gasteiger partial charge in [-0.05, 0) is 29.5 Å². The molecule has 0 saturated heterocycles. The highest BCUT2D eigenvalue weighted by Gasteiger charge is 2.17. The van der Waals surface area contributed by atoms with E-state index in [1.807, 2.05) is 6.07 Å². The first kappa shape index (κ1) is 15.2. The van der Waals surface area contributed by atoms with Gasteiger partial charge in [0, 0.05) is 23.9 Å². The Morgan fingerprint density at radius 3 is 2.23 bits per heavy atom. The molecule has 1 aliphatic heterocycles. The number of imidazole rings is 1. The van der Waals surface area contributed by atoms with Crippen molar-refractivity contribution in [1.29, 1.82) is 0 Å². The number of rotatable bonds is 2. The van der Waals surface area contributed by atoms with Gasteiger partial charge in [0.15, 0.2) is 0 Å². The van der Waals surface area contributed by atoms with Crippen molar-refractivity contribution in [1.82, 2.24) is 9.55 Å². The van der Waals surface area contributed by atoms with E-state index in [9.17, 15) is 0 Å². The summed E-state index contributed by atoms with van der Waals surface area (Å²) in [6, 6.07) is 27.9. The molecule has 0 amide bonds. The summed E-state index contributed by atoms with van der Waals surface area (Å²) in [7, 11) is 0. The maximum absolute atomic E-state index is 4.99. The molecule has 0 unspecified atom stereocenters. The van der Waals surface area contributed by atoms with Gasteiger partial charge < -0.3 is 4.57 Å². The van der Waals surface area contributed by atoms with E-state index in [1.165, 1.54) is 27.8 Å². The number of benzene rings is 3. The van der Waals surface area contributed by atoms with Gasteiger partial charge in [0.25, 0.3) is 0 Å². The van der Waals surface area contributed by atoms with Gasteiger partial charge in [-0.15, -0.1) is 0 Å². The van der Waals surface area contributed by atoms with Crippen LogP contribution in [0.2, 0.25) is 0 Å². The monoisotopic (exact) mass is 336 g/mol. The number of hydrogen-bond donors (Lipinski definition) is 0. The van der Waals surface area contributed by atoms with Crippen molar-refractivity contribution in [3.05, 3.63) is 90.6 Å². The van der Waals surface area contributed by atoms with Crippen LogP contribution in [0.25, 0.3) is 33.8 Å². The van der Waals surface area contributed by atoms with Crippen LogP contribution in [-0.4, -0.2) is 9.55 Å². The van der Waals surface area contributed by atoms with Crippen LogP contribution in [-0.2, 0) is 13.0 Å². The topological polar surface area (TPSA) is 17.8 Å². The fourth-order valence-corrected chi connectivity index (χ4v) is 3.80. The fourth-order valence-electron chi connectivity index (χ4n) is 3.80. The molecule has 2 heterocycles. The Kier molecular flexibility index (Phi) is 3.67. The largest absolute Gasteiger partial charge is 0.330 e. The summed E-state index contributed by atoms with van der Waals surface area (Å²) in [5.74, 6) is 1.10. The number of nitrogens with zero attached hydrogens (tertiary/aromatic N) is 2. The van der Waals surface area contributed by atoms with Gasteiger partial charge in [0.1, 0.15) is 5.82 Å². The fraction of sp³-hybridized carbons (Fsp3) is 0.125. The molecule has 0 spiro atoms. The van der Waals surface area contributed by atoms with Crippen molar-refractivity contribution in [2.45, 2.75) is 19.4 Å². The van der Waals surface area contributed by atoms with Crippen LogP contribution in [0.1, 0.15) is 12.0 Å². The summed E-state index contributed by atoms with van der Waals surface area (Å²) in [5, 5.41) is 0. The predicted molar refractivity (Wildman–Crippen MR) is 107 cm³/mol. The van der Waals surface area contributed by atoms with E-state index in [0.29, 0.717) is 0 Å². The first-order chi connectivity index (χ1) is 12.9. The van der Waals surface area contributed by atoms with E-state index in [1.54, 1.807) is 0 Å². The van der Waals surface area contributed by atoms with Crippen LogP contribution in [0.5, 0.6) is 0 Å². The Morgan fingerprint density at radius 2 is 1.38 bits per heavy atom. The maximum atomic E-state index is 4.99. The summed E-state index contributed by atoms with van der Waals surface area (Å²) in [4.78, 5) is 4.99. The van der Waals surface area contributed by atoms with Crippen LogP contribution in [0.4, 0.5) is 0 Å². The molecule has 126 valence electrons. The summed E-state index contributed by atoms with van der Waals surface area (Å²) in [5.41, 5.74) is 7.38. The third-order valence-corrected chi connectivity index (χ3v) is 5.17. The van der Waals surface area contributed by atoms with Crippen LogP contribution in [0, 0.1) is 0 Å². The molecule has 0 bridgehead atoms. The Morgan fingerprint density at radius 1 is 0.692 bits per heavy atom. The quantitative estimate of drug-likeness (QED) is 0.450. The van der Waals surface area contributed by atoms with E-state index in [2.05, 4.69) is 83.6 Å². The number of fused-ring (bicyclic) bond motifs is 3. The third-order valence-electron chi connectivity index (χ3n) is 5.17. The third kappa shape index (κ3) is 2.64. The second-order valence-corrected chi connectivity index (χ2v) is 6.85. The van der Waals surface area contributed by atoms with Gasteiger partial charge >= 0.3 is 0 Å². The van der Waals surface area contributed by atoms with Crippen molar-refractivity contribution in [3.8, 4) is 33.8 Å². The molecule has 0 N–H and O–H groups in total. The molecule has 3 aromatic carbocycles. The molecule has 26 heavy (non-hydrogen) atoms. The Balaban J connectivity index is 1.53. The van der Waals surface area contributed by atoms with E-state index in [4.69, 9.17) is 4.98 Å². The zero-order chi connectivity index (χ0) is 17.3. The lowest BCUT2D eigenvalue weighted by atomic mass is 10.0. The molecular formula is C24H20N2. The van der Waals surface area contributed by atoms with Crippen molar-refractivity contribution in [2.24, 2.45) is 0 Å². The van der Waals surface area contributed by atoms with Gasteiger partial charge in [-0.3, -0.25) is 0 Å². The molecule has 1 aliphatic rings. The van der Waals surface area contributed by atoms with Crippen molar-refractivity contribution < 1.29 is 0 Å². The maximum Gasteiger partial charge on any atom is 0.140 e. The zero-order valence-corrected chi connectivity index (χ0v) is 14.6. The van der Waals surface area contributed by atoms with Crippen LogP contribution in [0.3, 0.4) is 0 Å². The normalized spacial score (nSPS) is 12.9. The van der Waals surface area contributed by atoms with E-state index in [0.717, 1.165) is 30.9 Å². The molecule has 0 aliphatic carbocycles. The lowest BCUT2D eigenvalue weighted by Gasteiger charge is -2.04. The van der Waals surface area contributed by atoms with Crippen LogP contribution >= 0.6 is 0 Å². The van der Waals surface area contributed by atoms with Gasteiger partial charge in [-0.25, -0.2) is 4.98 Å². The highest BCUT2D eigenvalue weighted by atomic mass is 15.1. The molecule has 5 rings (SSSR count). The van der Waals surface area contributed by atoms with Crippen LogP contribution < -0.4 is 0 Å². The average Bonchev–Trinajstić information content (AvgIpc) is 3.05. The average molecular weight is 336 g/mol. The molecular weight excluding hydrogens is 316 g/mol. The first-order valence-electron chi connectivity index (χ1n) is 9.20. The minimum Gasteiger partial charge on any atom is -0.330 e. The van der Waals surface area contributed by atoms with E-state index < -0.39 is 0 Å². The van der Waals surface area contributed by atoms with Crippen molar-refractivity contribution in [3.63, 3.8) is 0 Å². The van der Waals surface area contributed by atoms with E-state index in [-0.39, 0.29) is 0 Å². The molecule has 0 fully saturated rings. The summed E-state index contributed by atoms with van der Waals surface area (Å²) >= 11 is 0. The number of hydrogen-bond acceptors (Lipinski definition) is 1. The van der Waals surface area contributed by atoms with Gasteiger partial charge in [-0.1, -0.05) is 78.9 Å². The van der Waals surface area contributed by atoms with Gasteiger partial charge in [-0.2, -0.15) is 0 Å². The minimum absolute atomic E-state index is 1.03. The molecule has 0 saturated carbocycles. The Hall–Kier alpha value is -3.13. The van der Waals surface area contributed by atoms with Crippen molar-refractivity contribution >= 4 is 0 Å². The summed E-state index contributed by atoms with van der Waals surface area (Å²) in [6.45, 7) is 1.03. The minimum atomic E-state index is 1.03. The molecule has 2 nitrogen and oxygen atoms in total. The van der Waals surface area contributed by atoms with Gasteiger partial charge in [0.2, 0.25) is 0 Å². The standard InChI is InChI=1S/C24H20N2/c1-2-7-18(8-3-1)19-12-14-21(15-13-19)23-17-26-16-6-10-20-9-4-5-11-22(20)24(26)25-23/h1-5,7-9,11-15,17H,6,10,16H2. The number of aromatic nitrogens is 2. The second-order valence-electron chi connectivity index (χ2n) is 6.85. The SMILES string of the molecule is c1ccc(-c2ccc(-c3cn4c(n3)-c3ccccc3CCC4)cc2)cc1. The van der Waals surface area contributed by atoms with Gasteiger partial charge in [0.05, 0.1) is 5.69 Å². The smallest absolute Gasteiger partial charge is 0.140 e. The highest BCUT2D eigenvalue weighted by molar-refractivity contribution is 5.71. The van der Waals surface area contributed by atoms with Crippen molar-refractivity contribution in [2.75, 3.05) is 0 Å². The molecule has 1 aromatic heterocycles. The molecule has 2 heteroatoms. The lowest BCUT2D eigenvalue weighted by molar-refractivity contribution is 0.662. The second kappa shape index (κ2) is 6.30. The van der Waals surface area contributed by atoms with E-state index >= 15 is 0 Å². The van der Waals surface area contributed by atoms with Crippen LogP contribution in [0.15, 0.2) is 85.1 Å². The molecule has 0 atom stereocenters. The predicted octanol–water partition coefficient (Wildman–Crippen LogP) is 5.83. The highest BCUT2D eigenvalue weighted by Crippen LogP contribution is 2.31.